The summed E-state index contributed by atoms with van der Waals surface area (Å²) in [5, 5.41) is 0. The van der Waals surface area contributed by atoms with Crippen molar-refractivity contribution in [3.8, 4) is 0 Å². The van der Waals surface area contributed by atoms with Crippen molar-refractivity contribution >= 4 is 17.4 Å². The van der Waals surface area contributed by atoms with E-state index in [4.69, 9.17) is 0 Å². The topological polar surface area (TPSA) is 36.4 Å². The first-order valence-corrected chi connectivity index (χ1v) is 9.41. The van der Waals surface area contributed by atoms with Gasteiger partial charge < -0.3 is 9.80 Å². The number of carbonyl (C=O) groups excluding carboxylic acids is 1. The minimum Gasteiger partial charge on any atom is -0.335 e. The summed E-state index contributed by atoms with van der Waals surface area (Å²) in [7, 11) is 0. The lowest BCUT2D eigenvalue weighted by Gasteiger charge is -2.22. The number of hydrogen-bond donors (Lipinski definition) is 0. The van der Waals surface area contributed by atoms with Crippen molar-refractivity contribution in [1.29, 1.82) is 0 Å². The Kier molecular flexibility index (Phi) is 4.88. The molecule has 4 heteroatoms. The summed E-state index contributed by atoms with van der Waals surface area (Å²) in [4.78, 5) is 21.5. The van der Waals surface area contributed by atoms with Crippen LogP contribution in [0, 0.1) is 0 Å². The van der Waals surface area contributed by atoms with E-state index < -0.39 is 0 Å². The van der Waals surface area contributed by atoms with E-state index in [1.807, 2.05) is 54.3 Å². The van der Waals surface area contributed by atoms with Gasteiger partial charge in [-0.2, -0.15) is 0 Å². The number of carbonyl (C=O) groups is 1. The van der Waals surface area contributed by atoms with Crippen LogP contribution in [0.3, 0.4) is 0 Å². The molecular formula is C23H23N3O. The Bertz CT molecular complexity index is 922. The van der Waals surface area contributed by atoms with E-state index in [9.17, 15) is 4.79 Å². The second-order valence-corrected chi connectivity index (χ2v) is 6.74. The molecule has 0 saturated heterocycles. The van der Waals surface area contributed by atoms with E-state index in [-0.39, 0.29) is 5.91 Å². The molecule has 1 aromatic heterocycles. The van der Waals surface area contributed by atoms with Crippen LogP contribution < -0.4 is 4.90 Å². The predicted molar refractivity (Wildman–Crippen MR) is 108 cm³/mol. The minimum atomic E-state index is 0.0159. The lowest BCUT2D eigenvalue weighted by Crippen LogP contribution is -2.30. The van der Waals surface area contributed by atoms with Gasteiger partial charge in [0.2, 0.25) is 0 Å². The number of fused-ring (bicyclic) bond motifs is 1. The Hall–Kier alpha value is -3.14. The third-order valence-corrected chi connectivity index (χ3v) is 5.04. The summed E-state index contributed by atoms with van der Waals surface area (Å²) in [5.74, 6) is 0.907. The molecule has 4 rings (SSSR count). The van der Waals surface area contributed by atoms with Crippen molar-refractivity contribution in [2.24, 2.45) is 0 Å². The molecule has 0 unspecified atom stereocenters. The highest BCUT2D eigenvalue weighted by atomic mass is 16.2. The number of nitrogens with zero attached hydrogens (tertiary/aromatic N) is 3. The number of benzene rings is 2. The Morgan fingerprint density at radius 2 is 1.81 bits per heavy atom. The molecule has 4 nitrogen and oxygen atoms in total. The number of pyridine rings is 1. The third-order valence-electron chi connectivity index (χ3n) is 5.04. The minimum absolute atomic E-state index is 0.0159. The number of hydrogen-bond acceptors (Lipinski definition) is 3. The zero-order chi connectivity index (χ0) is 18.6. The van der Waals surface area contributed by atoms with Crippen LogP contribution in [0.4, 0.5) is 11.5 Å². The lowest BCUT2D eigenvalue weighted by molar-refractivity contribution is 0.0752. The van der Waals surface area contributed by atoms with Crippen molar-refractivity contribution in [2.45, 2.75) is 19.9 Å². The van der Waals surface area contributed by atoms with E-state index in [1.165, 1.54) is 11.3 Å². The third kappa shape index (κ3) is 3.56. The van der Waals surface area contributed by atoms with Gasteiger partial charge in [-0.3, -0.25) is 4.79 Å². The van der Waals surface area contributed by atoms with E-state index >= 15 is 0 Å². The first kappa shape index (κ1) is 17.3. The van der Waals surface area contributed by atoms with Crippen LogP contribution >= 0.6 is 0 Å². The van der Waals surface area contributed by atoms with Crippen LogP contribution in [0.25, 0.3) is 0 Å². The molecule has 0 aliphatic carbocycles. The summed E-state index contributed by atoms with van der Waals surface area (Å²) in [5.41, 5.74) is 4.32. The lowest BCUT2D eigenvalue weighted by atomic mass is 10.2. The summed E-state index contributed by atoms with van der Waals surface area (Å²) >= 11 is 0. The Labute approximate surface area is 160 Å². The predicted octanol–water partition coefficient (Wildman–Crippen LogP) is 4.44. The van der Waals surface area contributed by atoms with Crippen molar-refractivity contribution in [3.63, 3.8) is 0 Å². The summed E-state index contributed by atoms with van der Waals surface area (Å²) in [6, 6.07) is 22.3. The maximum atomic E-state index is 12.9. The van der Waals surface area contributed by atoms with Gasteiger partial charge in [-0.05, 0) is 42.7 Å². The number of para-hydroxylation sites is 1. The van der Waals surface area contributed by atoms with E-state index in [0.717, 1.165) is 24.3 Å². The van der Waals surface area contributed by atoms with Crippen molar-refractivity contribution in [2.75, 3.05) is 18.0 Å². The monoisotopic (exact) mass is 357 g/mol. The molecule has 0 saturated carbocycles. The van der Waals surface area contributed by atoms with Gasteiger partial charge in [0.05, 0.1) is 5.56 Å². The normalized spacial score (nSPS) is 12.7. The summed E-state index contributed by atoms with van der Waals surface area (Å²) < 4.78 is 0. The molecule has 136 valence electrons. The van der Waals surface area contributed by atoms with E-state index in [1.54, 1.807) is 6.20 Å². The fraction of sp³-hybridized carbons (Fsp3) is 0.217. The highest BCUT2D eigenvalue weighted by Gasteiger charge is 2.21. The van der Waals surface area contributed by atoms with Crippen LogP contribution in [0.5, 0.6) is 0 Å². The molecule has 1 amide bonds. The number of amides is 1. The Morgan fingerprint density at radius 3 is 2.56 bits per heavy atom. The molecule has 0 bridgehead atoms. The first-order chi connectivity index (χ1) is 13.3. The largest absolute Gasteiger partial charge is 0.335 e. The first-order valence-electron chi connectivity index (χ1n) is 9.41. The van der Waals surface area contributed by atoms with Crippen molar-refractivity contribution in [1.82, 2.24) is 9.88 Å². The van der Waals surface area contributed by atoms with Gasteiger partial charge in [0.25, 0.3) is 5.91 Å². The Balaban J connectivity index is 1.51. The standard InChI is InChI=1S/C23H23N3O/c1-2-25(17-18-8-4-3-5-9-18)23(27)20-12-13-22(24-16-20)26-15-14-19-10-6-7-11-21(19)26/h3-13,16H,2,14-15,17H2,1H3. The zero-order valence-corrected chi connectivity index (χ0v) is 15.5. The molecule has 0 fully saturated rings. The molecule has 3 aromatic rings. The van der Waals surface area contributed by atoms with Gasteiger partial charge in [0.1, 0.15) is 5.82 Å². The quantitative estimate of drug-likeness (QED) is 0.677. The zero-order valence-electron chi connectivity index (χ0n) is 15.5. The molecule has 0 radical (unpaired) electrons. The Morgan fingerprint density at radius 1 is 1.04 bits per heavy atom. The maximum Gasteiger partial charge on any atom is 0.255 e. The fourth-order valence-electron chi connectivity index (χ4n) is 3.56. The van der Waals surface area contributed by atoms with Crippen LogP contribution in [-0.2, 0) is 13.0 Å². The molecule has 1 aliphatic rings. The van der Waals surface area contributed by atoms with Gasteiger partial charge >= 0.3 is 0 Å². The number of anilines is 2. The second kappa shape index (κ2) is 7.62. The van der Waals surface area contributed by atoms with Gasteiger partial charge in [-0.1, -0.05) is 48.5 Å². The van der Waals surface area contributed by atoms with Crippen LogP contribution in [-0.4, -0.2) is 28.9 Å². The molecule has 2 heterocycles. The average Bonchev–Trinajstić information content (AvgIpc) is 3.16. The maximum absolute atomic E-state index is 12.9. The van der Waals surface area contributed by atoms with Crippen molar-refractivity contribution in [3.05, 3.63) is 89.6 Å². The van der Waals surface area contributed by atoms with E-state index in [2.05, 4.69) is 34.1 Å². The van der Waals surface area contributed by atoms with Gasteiger partial charge in [-0.15, -0.1) is 0 Å². The average molecular weight is 357 g/mol. The molecule has 27 heavy (non-hydrogen) atoms. The SMILES string of the molecule is CCN(Cc1ccccc1)C(=O)c1ccc(N2CCc3ccccc32)nc1. The summed E-state index contributed by atoms with van der Waals surface area (Å²) in [6.07, 6.45) is 2.73. The van der Waals surface area contributed by atoms with Gasteiger partial charge in [-0.25, -0.2) is 4.98 Å². The fourth-order valence-corrected chi connectivity index (χ4v) is 3.56. The van der Waals surface area contributed by atoms with Crippen LogP contribution in [0.15, 0.2) is 72.9 Å². The summed E-state index contributed by atoms with van der Waals surface area (Å²) in [6.45, 7) is 4.20. The van der Waals surface area contributed by atoms with Crippen molar-refractivity contribution < 1.29 is 4.79 Å². The molecular weight excluding hydrogens is 334 g/mol. The van der Waals surface area contributed by atoms with Gasteiger partial charge in [0, 0.05) is 31.5 Å². The van der Waals surface area contributed by atoms with Crippen LogP contribution in [0.1, 0.15) is 28.4 Å². The molecule has 0 atom stereocenters. The van der Waals surface area contributed by atoms with Gasteiger partial charge in [0.15, 0.2) is 0 Å². The number of aromatic nitrogens is 1. The molecule has 0 N–H and O–H groups in total. The highest BCUT2D eigenvalue weighted by Crippen LogP contribution is 2.33. The van der Waals surface area contributed by atoms with E-state index in [0.29, 0.717) is 18.7 Å². The highest BCUT2D eigenvalue weighted by molar-refractivity contribution is 5.94. The second-order valence-electron chi connectivity index (χ2n) is 6.74. The molecule has 1 aliphatic heterocycles. The number of rotatable bonds is 5. The smallest absolute Gasteiger partial charge is 0.255 e. The van der Waals surface area contributed by atoms with Crippen LogP contribution in [0.2, 0.25) is 0 Å². The molecule has 0 spiro atoms. The molecule has 2 aromatic carbocycles.